The lowest BCUT2D eigenvalue weighted by atomic mass is 10.2. The van der Waals surface area contributed by atoms with Gasteiger partial charge in [0.1, 0.15) is 5.82 Å². The molecule has 0 aromatic heterocycles. The van der Waals surface area contributed by atoms with Crippen molar-refractivity contribution in [3.8, 4) is 0 Å². The summed E-state index contributed by atoms with van der Waals surface area (Å²) in [5.74, 6) is -0.638. The Hall–Kier alpha value is -1.40. The molecule has 3 N–H and O–H groups in total. The van der Waals surface area contributed by atoms with Crippen molar-refractivity contribution in [3.63, 3.8) is 0 Å². The van der Waals surface area contributed by atoms with E-state index in [1.54, 1.807) is 6.92 Å². The fourth-order valence-electron chi connectivity index (χ4n) is 1.25. The maximum Gasteiger partial charge on any atom is 0.241 e. The van der Waals surface area contributed by atoms with Gasteiger partial charge in [0.05, 0.1) is 4.90 Å². The third-order valence-electron chi connectivity index (χ3n) is 2.17. The fraction of sp³-hybridized carbons (Fsp3) is 0.273. The van der Waals surface area contributed by atoms with Crippen LogP contribution in [0.25, 0.3) is 0 Å². The van der Waals surface area contributed by atoms with Crippen LogP contribution in [0.15, 0.2) is 29.2 Å². The lowest BCUT2D eigenvalue weighted by Gasteiger charge is -2.10. The molecule has 0 spiro atoms. The van der Waals surface area contributed by atoms with Gasteiger partial charge in [-0.3, -0.25) is 0 Å². The van der Waals surface area contributed by atoms with E-state index >= 15 is 0 Å². The van der Waals surface area contributed by atoms with E-state index in [9.17, 15) is 12.8 Å². The van der Waals surface area contributed by atoms with Crippen molar-refractivity contribution in [3.05, 3.63) is 35.7 Å². The van der Waals surface area contributed by atoms with E-state index in [1.807, 2.05) is 0 Å². The number of sulfonamides is 1. The van der Waals surface area contributed by atoms with Crippen LogP contribution in [0.5, 0.6) is 0 Å². The van der Waals surface area contributed by atoms with Crippen LogP contribution in [0.1, 0.15) is 12.5 Å². The van der Waals surface area contributed by atoms with E-state index in [1.165, 1.54) is 13.0 Å². The Balaban J connectivity index is 3.19. The molecule has 0 aliphatic carbocycles. The van der Waals surface area contributed by atoms with Gasteiger partial charge < -0.3 is 5.73 Å². The van der Waals surface area contributed by atoms with Crippen LogP contribution in [0.4, 0.5) is 10.1 Å². The topological polar surface area (TPSA) is 72.2 Å². The number of halogens is 1. The van der Waals surface area contributed by atoms with Crippen LogP contribution >= 0.6 is 0 Å². The van der Waals surface area contributed by atoms with E-state index in [2.05, 4.69) is 11.3 Å². The molecule has 0 unspecified atom stereocenters. The maximum absolute atomic E-state index is 13.4. The molecule has 1 aromatic carbocycles. The normalized spacial score (nSPS) is 11.5. The molecule has 94 valence electrons. The highest BCUT2D eigenvalue weighted by Crippen LogP contribution is 2.21. The molecule has 17 heavy (non-hydrogen) atoms. The van der Waals surface area contributed by atoms with E-state index < -0.39 is 15.8 Å². The number of rotatable bonds is 4. The summed E-state index contributed by atoms with van der Waals surface area (Å²) >= 11 is 0. The van der Waals surface area contributed by atoms with Crippen LogP contribution in [-0.4, -0.2) is 15.0 Å². The average Bonchev–Trinajstić information content (AvgIpc) is 2.20. The Kier molecular flexibility index (Phi) is 3.90. The van der Waals surface area contributed by atoms with Crippen LogP contribution in [0.3, 0.4) is 0 Å². The van der Waals surface area contributed by atoms with Crippen LogP contribution in [0.2, 0.25) is 0 Å². The Morgan fingerprint density at radius 3 is 2.65 bits per heavy atom. The average molecular weight is 258 g/mol. The standard InChI is InChI=1S/C11H15FN2O2S/c1-7(2)6-14-17(15,16)11-5-9(13)4-10(12)8(11)3/h4-5,14H,1,6,13H2,2-3H3. The van der Waals surface area contributed by atoms with Gasteiger partial charge in [-0.1, -0.05) is 12.2 Å². The molecule has 0 amide bonds. The second-order valence-corrected chi connectivity index (χ2v) is 5.64. The minimum Gasteiger partial charge on any atom is -0.399 e. The summed E-state index contributed by atoms with van der Waals surface area (Å²) in [4.78, 5) is -0.142. The molecule has 0 bridgehead atoms. The van der Waals surface area contributed by atoms with Gasteiger partial charge in [-0.15, -0.1) is 0 Å². The summed E-state index contributed by atoms with van der Waals surface area (Å²) in [6.07, 6.45) is 0. The smallest absolute Gasteiger partial charge is 0.241 e. The Morgan fingerprint density at radius 2 is 2.12 bits per heavy atom. The first kappa shape index (κ1) is 13.7. The van der Waals surface area contributed by atoms with Gasteiger partial charge >= 0.3 is 0 Å². The summed E-state index contributed by atoms with van der Waals surface area (Å²) < 4.78 is 39.5. The molecule has 0 radical (unpaired) electrons. The van der Waals surface area contributed by atoms with E-state index in [-0.39, 0.29) is 22.7 Å². The van der Waals surface area contributed by atoms with Gasteiger partial charge in [0.15, 0.2) is 0 Å². The second kappa shape index (κ2) is 4.85. The van der Waals surface area contributed by atoms with Gasteiger partial charge in [-0.25, -0.2) is 17.5 Å². The van der Waals surface area contributed by atoms with Gasteiger partial charge in [0, 0.05) is 17.8 Å². The van der Waals surface area contributed by atoms with Gasteiger partial charge in [-0.2, -0.15) is 0 Å². The molecule has 1 rings (SSSR count). The minimum atomic E-state index is -3.76. The molecule has 0 atom stereocenters. The zero-order chi connectivity index (χ0) is 13.2. The molecule has 0 heterocycles. The van der Waals surface area contributed by atoms with Gasteiger partial charge in [-0.05, 0) is 26.0 Å². The van der Waals surface area contributed by atoms with Crippen molar-refractivity contribution >= 4 is 15.7 Å². The molecule has 6 heteroatoms. The number of anilines is 1. The summed E-state index contributed by atoms with van der Waals surface area (Å²) in [5.41, 5.74) is 6.22. The molecule has 0 fully saturated rings. The SMILES string of the molecule is C=C(C)CNS(=O)(=O)c1cc(N)cc(F)c1C. The Labute approximate surface area is 100 Å². The van der Waals surface area contributed by atoms with E-state index in [0.717, 1.165) is 6.07 Å². The fourth-order valence-corrected chi connectivity index (χ4v) is 2.63. The highest BCUT2D eigenvalue weighted by molar-refractivity contribution is 7.89. The molecule has 0 saturated carbocycles. The zero-order valence-corrected chi connectivity index (χ0v) is 10.6. The van der Waals surface area contributed by atoms with Crippen molar-refractivity contribution in [2.24, 2.45) is 0 Å². The van der Waals surface area contributed by atoms with Crippen LogP contribution in [0, 0.1) is 12.7 Å². The number of nitrogen functional groups attached to an aromatic ring is 1. The number of nitrogens with one attached hydrogen (secondary N) is 1. The molecule has 4 nitrogen and oxygen atoms in total. The summed E-state index contributed by atoms with van der Waals surface area (Å²) in [5, 5.41) is 0. The number of hydrogen-bond acceptors (Lipinski definition) is 3. The Morgan fingerprint density at radius 1 is 1.53 bits per heavy atom. The van der Waals surface area contributed by atoms with Crippen molar-refractivity contribution < 1.29 is 12.8 Å². The third kappa shape index (κ3) is 3.28. The monoisotopic (exact) mass is 258 g/mol. The van der Waals surface area contributed by atoms with Crippen LogP contribution < -0.4 is 10.5 Å². The highest BCUT2D eigenvalue weighted by Gasteiger charge is 2.19. The molecule has 0 saturated heterocycles. The highest BCUT2D eigenvalue weighted by atomic mass is 32.2. The minimum absolute atomic E-state index is 0.0495. The largest absolute Gasteiger partial charge is 0.399 e. The van der Waals surface area contributed by atoms with Crippen LogP contribution in [-0.2, 0) is 10.0 Å². The predicted molar refractivity (Wildman–Crippen MR) is 65.6 cm³/mol. The summed E-state index contributed by atoms with van der Waals surface area (Å²) in [6, 6.07) is 2.33. The lowest BCUT2D eigenvalue weighted by molar-refractivity contribution is 0.577. The molecule has 1 aromatic rings. The first-order valence-electron chi connectivity index (χ1n) is 4.93. The van der Waals surface area contributed by atoms with Crippen molar-refractivity contribution in [1.29, 1.82) is 0 Å². The summed E-state index contributed by atoms with van der Waals surface area (Å²) in [7, 11) is -3.76. The second-order valence-electron chi connectivity index (χ2n) is 3.91. The number of nitrogens with two attached hydrogens (primary N) is 1. The summed E-state index contributed by atoms with van der Waals surface area (Å²) in [6.45, 7) is 6.78. The molecular weight excluding hydrogens is 243 g/mol. The van der Waals surface area contributed by atoms with E-state index in [0.29, 0.717) is 5.57 Å². The quantitative estimate of drug-likeness (QED) is 0.636. The number of benzene rings is 1. The van der Waals surface area contributed by atoms with E-state index in [4.69, 9.17) is 5.73 Å². The zero-order valence-electron chi connectivity index (χ0n) is 9.75. The predicted octanol–water partition coefficient (Wildman–Crippen LogP) is 1.57. The lowest BCUT2D eigenvalue weighted by Crippen LogP contribution is -2.26. The van der Waals surface area contributed by atoms with Crippen molar-refractivity contribution in [2.45, 2.75) is 18.7 Å². The number of hydrogen-bond donors (Lipinski definition) is 2. The van der Waals surface area contributed by atoms with Gasteiger partial charge in [0.25, 0.3) is 0 Å². The molecule has 0 aliphatic heterocycles. The Bertz CT molecular complexity index is 553. The molecular formula is C11H15FN2O2S. The maximum atomic E-state index is 13.4. The van der Waals surface area contributed by atoms with Crippen molar-refractivity contribution in [2.75, 3.05) is 12.3 Å². The first-order valence-corrected chi connectivity index (χ1v) is 6.42. The first-order chi connectivity index (χ1) is 7.74. The molecule has 0 aliphatic rings. The van der Waals surface area contributed by atoms with Gasteiger partial charge in [0.2, 0.25) is 10.0 Å². The third-order valence-corrected chi connectivity index (χ3v) is 3.70. The van der Waals surface area contributed by atoms with Crippen molar-refractivity contribution in [1.82, 2.24) is 4.72 Å².